The first-order valence-corrected chi connectivity index (χ1v) is 4.47. The molecule has 3 aliphatic heterocycles. The molecule has 3 fully saturated rings. The molecule has 1 unspecified atom stereocenters. The first-order valence-electron chi connectivity index (χ1n) is 4.47. The van der Waals surface area contributed by atoms with Gasteiger partial charge in [0.15, 0.2) is 0 Å². The quantitative estimate of drug-likeness (QED) is 0.423. The first kappa shape index (κ1) is 7.53. The summed E-state index contributed by atoms with van der Waals surface area (Å²) in [4.78, 5) is 2.52. The van der Waals surface area contributed by atoms with E-state index < -0.39 is 0 Å². The SMILES string of the molecule is CN(N)C1CN2CCC1CC2. The van der Waals surface area contributed by atoms with Crippen molar-refractivity contribution in [2.45, 2.75) is 18.9 Å². The van der Waals surface area contributed by atoms with Crippen molar-refractivity contribution in [2.75, 3.05) is 26.7 Å². The molecule has 3 saturated heterocycles. The first-order chi connectivity index (χ1) is 5.27. The van der Waals surface area contributed by atoms with Crippen LogP contribution >= 0.6 is 0 Å². The molecule has 3 aliphatic rings. The Bertz CT molecular complexity index is 138. The summed E-state index contributed by atoms with van der Waals surface area (Å²) in [6.45, 7) is 3.79. The highest BCUT2D eigenvalue weighted by molar-refractivity contribution is 4.90. The van der Waals surface area contributed by atoms with Crippen molar-refractivity contribution in [3.63, 3.8) is 0 Å². The van der Waals surface area contributed by atoms with Crippen LogP contribution in [-0.4, -0.2) is 42.6 Å². The van der Waals surface area contributed by atoms with Gasteiger partial charge in [0.05, 0.1) is 0 Å². The minimum atomic E-state index is 0.623. The Kier molecular flexibility index (Phi) is 1.87. The fourth-order valence-electron chi connectivity index (χ4n) is 2.40. The molecule has 1 atom stereocenters. The van der Waals surface area contributed by atoms with E-state index in [1.54, 1.807) is 0 Å². The lowest BCUT2D eigenvalue weighted by molar-refractivity contribution is 0.0165. The molecule has 0 aromatic carbocycles. The Labute approximate surface area is 68.1 Å². The topological polar surface area (TPSA) is 32.5 Å². The number of piperidine rings is 3. The zero-order chi connectivity index (χ0) is 7.84. The zero-order valence-corrected chi connectivity index (χ0v) is 7.16. The normalized spacial score (nSPS) is 43.4. The van der Waals surface area contributed by atoms with Crippen LogP contribution in [0.25, 0.3) is 0 Å². The highest BCUT2D eigenvalue weighted by Gasteiger charge is 2.35. The highest BCUT2D eigenvalue weighted by Crippen LogP contribution is 2.28. The number of hydrogen-bond donors (Lipinski definition) is 1. The molecule has 11 heavy (non-hydrogen) atoms. The standard InChI is InChI=1S/C8H17N3/c1-10(9)8-6-11-4-2-7(8)3-5-11/h7-8H,2-6,9H2,1H3. The van der Waals surface area contributed by atoms with Gasteiger partial charge < -0.3 is 4.90 Å². The molecule has 0 radical (unpaired) electrons. The molecular formula is C8H17N3. The predicted octanol–water partition coefficient (Wildman–Crippen LogP) is -0.114. The summed E-state index contributed by atoms with van der Waals surface area (Å²) in [5.41, 5.74) is 0. The van der Waals surface area contributed by atoms with Crippen LogP contribution in [0.15, 0.2) is 0 Å². The minimum Gasteiger partial charge on any atom is -0.302 e. The van der Waals surface area contributed by atoms with Crippen molar-refractivity contribution in [3.8, 4) is 0 Å². The van der Waals surface area contributed by atoms with Gasteiger partial charge in [-0.05, 0) is 31.8 Å². The lowest BCUT2D eigenvalue weighted by Gasteiger charge is -2.46. The van der Waals surface area contributed by atoms with Gasteiger partial charge in [0.2, 0.25) is 0 Å². The summed E-state index contributed by atoms with van der Waals surface area (Å²) in [7, 11) is 1.99. The van der Waals surface area contributed by atoms with Crippen LogP contribution in [0.3, 0.4) is 0 Å². The summed E-state index contributed by atoms with van der Waals surface area (Å²) in [5, 5.41) is 1.90. The van der Waals surface area contributed by atoms with Gasteiger partial charge in [-0.25, -0.2) is 5.01 Å². The fourth-order valence-corrected chi connectivity index (χ4v) is 2.40. The third kappa shape index (κ3) is 1.28. The molecule has 0 aromatic rings. The summed E-state index contributed by atoms with van der Waals surface area (Å²) in [5.74, 6) is 6.63. The van der Waals surface area contributed by atoms with Crippen LogP contribution in [0.4, 0.5) is 0 Å². The number of rotatable bonds is 1. The van der Waals surface area contributed by atoms with E-state index in [1.165, 1.54) is 32.5 Å². The zero-order valence-electron chi connectivity index (χ0n) is 7.16. The third-order valence-corrected chi connectivity index (χ3v) is 3.14. The number of fused-ring (bicyclic) bond motifs is 3. The van der Waals surface area contributed by atoms with Crippen LogP contribution in [-0.2, 0) is 0 Å². The fraction of sp³-hybridized carbons (Fsp3) is 1.00. The number of likely N-dealkylation sites (N-methyl/N-ethyl adjacent to an activating group) is 1. The van der Waals surface area contributed by atoms with Gasteiger partial charge in [-0.3, -0.25) is 5.84 Å². The van der Waals surface area contributed by atoms with E-state index in [2.05, 4.69) is 4.90 Å². The Morgan fingerprint density at radius 3 is 2.27 bits per heavy atom. The number of nitrogens with two attached hydrogens (primary N) is 1. The van der Waals surface area contributed by atoms with E-state index in [9.17, 15) is 0 Å². The van der Waals surface area contributed by atoms with E-state index in [1.807, 2.05) is 12.1 Å². The van der Waals surface area contributed by atoms with E-state index in [4.69, 9.17) is 5.84 Å². The van der Waals surface area contributed by atoms with Gasteiger partial charge in [-0.1, -0.05) is 0 Å². The smallest absolute Gasteiger partial charge is 0.0394 e. The van der Waals surface area contributed by atoms with Crippen LogP contribution in [0.1, 0.15) is 12.8 Å². The van der Waals surface area contributed by atoms with Crippen molar-refractivity contribution < 1.29 is 0 Å². The molecule has 64 valence electrons. The summed E-state index contributed by atoms with van der Waals surface area (Å²) in [6, 6.07) is 0.623. The van der Waals surface area contributed by atoms with Crippen LogP contribution in [0.2, 0.25) is 0 Å². The number of hydrogen-bond acceptors (Lipinski definition) is 3. The second-order valence-corrected chi connectivity index (χ2v) is 3.87. The second-order valence-electron chi connectivity index (χ2n) is 3.87. The second kappa shape index (κ2) is 2.73. The average molecular weight is 155 g/mol. The lowest BCUT2D eigenvalue weighted by Crippen LogP contribution is -2.58. The van der Waals surface area contributed by atoms with Crippen LogP contribution in [0, 0.1) is 5.92 Å². The molecule has 2 N–H and O–H groups in total. The summed E-state index contributed by atoms with van der Waals surface area (Å²) < 4.78 is 0. The van der Waals surface area contributed by atoms with Gasteiger partial charge in [0, 0.05) is 19.6 Å². The summed E-state index contributed by atoms with van der Waals surface area (Å²) >= 11 is 0. The van der Waals surface area contributed by atoms with Gasteiger partial charge in [-0.15, -0.1) is 0 Å². The molecule has 3 heterocycles. The van der Waals surface area contributed by atoms with Crippen LogP contribution < -0.4 is 5.84 Å². The van der Waals surface area contributed by atoms with Crippen molar-refractivity contribution in [1.29, 1.82) is 0 Å². The molecule has 3 rings (SSSR count). The van der Waals surface area contributed by atoms with Gasteiger partial charge in [-0.2, -0.15) is 0 Å². The van der Waals surface area contributed by atoms with Crippen molar-refractivity contribution in [1.82, 2.24) is 9.91 Å². The summed E-state index contributed by atoms with van der Waals surface area (Å²) in [6.07, 6.45) is 2.71. The largest absolute Gasteiger partial charge is 0.302 e. The molecule has 2 bridgehead atoms. The number of hydrazine groups is 1. The minimum absolute atomic E-state index is 0.623. The van der Waals surface area contributed by atoms with Crippen LogP contribution in [0.5, 0.6) is 0 Å². The Morgan fingerprint density at radius 1 is 1.36 bits per heavy atom. The molecule has 0 aromatic heterocycles. The lowest BCUT2D eigenvalue weighted by atomic mass is 9.84. The van der Waals surface area contributed by atoms with E-state index in [0.29, 0.717) is 6.04 Å². The highest BCUT2D eigenvalue weighted by atomic mass is 15.4. The van der Waals surface area contributed by atoms with E-state index in [-0.39, 0.29) is 0 Å². The van der Waals surface area contributed by atoms with Gasteiger partial charge >= 0.3 is 0 Å². The van der Waals surface area contributed by atoms with Crippen molar-refractivity contribution in [3.05, 3.63) is 0 Å². The van der Waals surface area contributed by atoms with Gasteiger partial charge in [0.25, 0.3) is 0 Å². The average Bonchev–Trinajstić information content (AvgIpc) is 2.06. The maximum atomic E-state index is 5.76. The van der Waals surface area contributed by atoms with Crippen molar-refractivity contribution in [2.24, 2.45) is 11.8 Å². The molecule has 0 aliphatic carbocycles. The molecular weight excluding hydrogens is 138 g/mol. The monoisotopic (exact) mass is 155 g/mol. The van der Waals surface area contributed by atoms with Gasteiger partial charge in [0.1, 0.15) is 0 Å². The molecule has 0 saturated carbocycles. The number of nitrogens with zero attached hydrogens (tertiary/aromatic N) is 2. The molecule has 0 amide bonds. The Hall–Kier alpha value is -0.120. The van der Waals surface area contributed by atoms with E-state index in [0.717, 1.165) is 5.92 Å². The Balaban J connectivity index is 2.03. The predicted molar refractivity (Wildman–Crippen MR) is 44.9 cm³/mol. The third-order valence-electron chi connectivity index (χ3n) is 3.14. The van der Waals surface area contributed by atoms with E-state index >= 15 is 0 Å². The molecule has 0 spiro atoms. The van der Waals surface area contributed by atoms with Crippen molar-refractivity contribution >= 4 is 0 Å². The Morgan fingerprint density at radius 2 is 2.00 bits per heavy atom. The maximum Gasteiger partial charge on any atom is 0.0394 e. The molecule has 3 nitrogen and oxygen atoms in total. The molecule has 3 heteroatoms. The maximum absolute atomic E-state index is 5.76.